The second-order valence-electron chi connectivity index (χ2n) is 6.31. The monoisotopic (exact) mass is 329 g/mol. The standard InChI is InChI=1S/C21H19N3O/c1-15-10-11-16(2)17(13-15)14-23-20-19(9-6-12-22-20)21(25)24(23)18-7-4-3-5-8-18/h3-13H,14H2,1-2H3. The van der Waals surface area contributed by atoms with E-state index in [9.17, 15) is 4.79 Å². The largest absolute Gasteiger partial charge is 0.280 e. The molecule has 0 aliphatic heterocycles. The molecule has 2 aromatic carbocycles. The van der Waals surface area contributed by atoms with Gasteiger partial charge >= 0.3 is 0 Å². The van der Waals surface area contributed by atoms with E-state index in [4.69, 9.17) is 0 Å². The molecule has 0 saturated heterocycles. The highest BCUT2D eigenvalue weighted by atomic mass is 16.1. The topological polar surface area (TPSA) is 39.8 Å². The number of benzene rings is 2. The van der Waals surface area contributed by atoms with E-state index >= 15 is 0 Å². The van der Waals surface area contributed by atoms with Crippen molar-refractivity contribution in [1.82, 2.24) is 14.3 Å². The zero-order chi connectivity index (χ0) is 17.4. The number of hydrogen-bond donors (Lipinski definition) is 0. The molecule has 0 unspecified atom stereocenters. The Morgan fingerprint density at radius 1 is 0.960 bits per heavy atom. The summed E-state index contributed by atoms with van der Waals surface area (Å²) in [5.74, 6) is 0. The molecule has 0 aliphatic carbocycles. The lowest BCUT2D eigenvalue weighted by Crippen LogP contribution is -2.22. The SMILES string of the molecule is Cc1ccc(C)c(Cn2c3ncccc3c(=O)n2-c2ccccc2)c1. The minimum Gasteiger partial charge on any atom is -0.267 e. The van der Waals surface area contributed by atoms with Crippen LogP contribution in [0.3, 0.4) is 0 Å². The maximum absolute atomic E-state index is 13.0. The van der Waals surface area contributed by atoms with Crippen LogP contribution in [0.25, 0.3) is 16.7 Å². The zero-order valence-electron chi connectivity index (χ0n) is 14.3. The van der Waals surface area contributed by atoms with E-state index in [0.717, 1.165) is 5.69 Å². The summed E-state index contributed by atoms with van der Waals surface area (Å²) in [5.41, 5.74) is 5.11. The lowest BCUT2D eigenvalue weighted by Gasteiger charge is -2.14. The molecule has 4 heteroatoms. The van der Waals surface area contributed by atoms with E-state index < -0.39 is 0 Å². The Hall–Kier alpha value is -3.14. The summed E-state index contributed by atoms with van der Waals surface area (Å²) >= 11 is 0. The van der Waals surface area contributed by atoms with Crippen molar-refractivity contribution >= 4 is 11.0 Å². The van der Waals surface area contributed by atoms with Crippen LogP contribution in [0.2, 0.25) is 0 Å². The van der Waals surface area contributed by atoms with Crippen LogP contribution in [0, 0.1) is 13.8 Å². The van der Waals surface area contributed by atoms with E-state index in [-0.39, 0.29) is 5.56 Å². The van der Waals surface area contributed by atoms with Gasteiger partial charge in [0.25, 0.3) is 5.56 Å². The van der Waals surface area contributed by atoms with Gasteiger partial charge in [0.2, 0.25) is 0 Å². The average molecular weight is 329 g/mol. The summed E-state index contributed by atoms with van der Waals surface area (Å²) in [6.45, 7) is 4.77. The fourth-order valence-electron chi connectivity index (χ4n) is 3.19. The highest BCUT2D eigenvalue weighted by Gasteiger charge is 2.16. The van der Waals surface area contributed by atoms with Crippen molar-refractivity contribution in [3.8, 4) is 5.69 Å². The third-order valence-corrected chi connectivity index (χ3v) is 4.52. The summed E-state index contributed by atoms with van der Waals surface area (Å²) in [6, 6.07) is 19.8. The predicted molar refractivity (Wildman–Crippen MR) is 100 cm³/mol. The number of nitrogens with zero attached hydrogens (tertiary/aromatic N) is 3. The van der Waals surface area contributed by atoms with Crippen molar-refractivity contribution in [3.63, 3.8) is 0 Å². The number of aryl methyl sites for hydroxylation is 2. The van der Waals surface area contributed by atoms with E-state index in [0.29, 0.717) is 17.6 Å². The molecule has 0 N–H and O–H groups in total. The minimum absolute atomic E-state index is 0.0420. The molecule has 0 radical (unpaired) electrons. The van der Waals surface area contributed by atoms with Crippen molar-refractivity contribution in [1.29, 1.82) is 0 Å². The first-order chi connectivity index (χ1) is 12.1. The third kappa shape index (κ3) is 2.66. The Balaban J connectivity index is 1.99. The van der Waals surface area contributed by atoms with Gasteiger partial charge in [0, 0.05) is 6.20 Å². The smallest absolute Gasteiger partial charge is 0.267 e. The highest BCUT2D eigenvalue weighted by molar-refractivity contribution is 5.75. The molecule has 0 aliphatic rings. The van der Waals surface area contributed by atoms with Gasteiger partial charge in [0.05, 0.1) is 17.6 Å². The molecule has 124 valence electrons. The molecule has 25 heavy (non-hydrogen) atoms. The Labute approximate surface area is 146 Å². The summed E-state index contributed by atoms with van der Waals surface area (Å²) in [5, 5.41) is 0.636. The van der Waals surface area contributed by atoms with Crippen molar-refractivity contribution in [2.75, 3.05) is 0 Å². The molecule has 4 nitrogen and oxygen atoms in total. The van der Waals surface area contributed by atoms with Crippen molar-refractivity contribution in [3.05, 3.63) is 93.9 Å². The lowest BCUT2D eigenvalue weighted by molar-refractivity contribution is 0.605. The number of pyridine rings is 1. The van der Waals surface area contributed by atoms with Crippen LogP contribution >= 0.6 is 0 Å². The van der Waals surface area contributed by atoms with Crippen LogP contribution in [0.4, 0.5) is 0 Å². The first-order valence-electron chi connectivity index (χ1n) is 8.33. The number of aromatic nitrogens is 3. The molecule has 2 aromatic heterocycles. The Morgan fingerprint density at radius 2 is 1.76 bits per heavy atom. The molecular weight excluding hydrogens is 310 g/mol. The van der Waals surface area contributed by atoms with Gasteiger partial charge in [0.1, 0.15) is 0 Å². The van der Waals surface area contributed by atoms with Crippen LogP contribution in [-0.4, -0.2) is 14.3 Å². The fourth-order valence-corrected chi connectivity index (χ4v) is 3.19. The van der Waals surface area contributed by atoms with Crippen LogP contribution in [0.1, 0.15) is 16.7 Å². The van der Waals surface area contributed by atoms with Gasteiger partial charge in [-0.15, -0.1) is 0 Å². The first kappa shape index (κ1) is 15.4. The van der Waals surface area contributed by atoms with E-state index in [1.54, 1.807) is 16.9 Å². The van der Waals surface area contributed by atoms with Gasteiger partial charge in [0.15, 0.2) is 5.65 Å². The predicted octanol–water partition coefficient (Wildman–Crippen LogP) is 3.85. The number of fused-ring (bicyclic) bond motifs is 1. The molecule has 0 fully saturated rings. The van der Waals surface area contributed by atoms with Crippen molar-refractivity contribution in [2.45, 2.75) is 20.4 Å². The molecule has 0 spiro atoms. The molecule has 2 heterocycles. The number of hydrogen-bond acceptors (Lipinski definition) is 2. The maximum atomic E-state index is 13.0. The van der Waals surface area contributed by atoms with E-state index in [2.05, 4.69) is 37.0 Å². The Bertz CT molecular complexity index is 1110. The van der Waals surface area contributed by atoms with Crippen LogP contribution in [0.15, 0.2) is 71.7 Å². The molecule has 0 amide bonds. The van der Waals surface area contributed by atoms with Crippen molar-refractivity contribution < 1.29 is 0 Å². The van der Waals surface area contributed by atoms with Gasteiger partial charge in [-0.25, -0.2) is 9.67 Å². The quantitative estimate of drug-likeness (QED) is 0.573. The summed E-state index contributed by atoms with van der Waals surface area (Å²) in [4.78, 5) is 17.5. The third-order valence-electron chi connectivity index (χ3n) is 4.52. The molecule has 0 bridgehead atoms. The Kier molecular flexibility index (Phi) is 3.73. The summed E-state index contributed by atoms with van der Waals surface area (Å²) in [7, 11) is 0. The zero-order valence-corrected chi connectivity index (χ0v) is 14.3. The second-order valence-corrected chi connectivity index (χ2v) is 6.31. The van der Waals surface area contributed by atoms with Gasteiger partial charge in [-0.3, -0.25) is 9.48 Å². The molecule has 4 rings (SSSR count). The molecular formula is C21H19N3O. The van der Waals surface area contributed by atoms with Gasteiger partial charge in [-0.1, -0.05) is 42.0 Å². The second kappa shape index (κ2) is 6.06. The van der Waals surface area contributed by atoms with Crippen LogP contribution in [0.5, 0.6) is 0 Å². The van der Waals surface area contributed by atoms with Gasteiger partial charge in [-0.05, 0) is 49.2 Å². The van der Waals surface area contributed by atoms with E-state index in [1.807, 2.05) is 41.1 Å². The summed E-state index contributed by atoms with van der Waals surface area (Å²) in [6.07, 6.45) is 1.73. The average Bonchev–Trinajstić information content (AvgIpc) is 2.91. The van der Waals surface area contributed by atoms with Gasteiger partial charge in [-0.2, -0.15) is 0 Å². The Morgan fingerprint density at radius 3 is 2.56 bits per heavy atom. The lowest BCUT2D eigenvalue weighted by atomic mass is 10.1. The number of rotatable bonds is 3. The molecule has 0 atom stereocenters. The first-order valence-corrected chi connectivity index (χ1v) is 8.33. The summed E-state index contributed by atoms with van der Waals surface area (Å²) < 4.78 is 3.69. The maximum Gasteiger partial charge on any atom is 0.280 e. The fraction of sp³-hybridized carbons (Fsp3) is 0.143. The van der Waals surface area contributed by atoms with E-state index in [1.165, 1.54) is 16.7 Å². The molecule has 4 aromatic rings. The highest BCUT2D eigenvalue weighted by Crippen LogP contribution is 2.18. The minimum atomic E-state index is -0.0420. The van der Waals surface area contributed by atoms with Gasteiger partial charge < -0.3 is 0 Å². The number of para-hydroxylation sites is 1. The molecule has 0 saturated carbocycles. The van der Waals surface area contributed by atoms with Crippen LogP contribution in [-0.2, 0) is 6.54 Å². The normalized spacial score (nSPS) is 11.1. The van der Waals surface area contributed by atoms with Crippen LogP contribution < -0.4 is 5.56 Å². The van der Waals surface area contributed by atoms with Crippen molar-refractivity contribution in [2.24, 2.45) is 0 Å².